The highest BCUT2D eigenvalue weighted by molar-refractivity contribution is 6.04. The van der Waals surface area contributed by atoms with Crippen molar-refractivity contribution in [3.63, 3.8) is 0 Å². The third-order valence-corrected chi connectivity index (χ3v) is 4.34. The fraction of sp³-hybridized carbons (Fsp3) is 0.176. The van der Waals surface area contributed by atoms with E-state index in [2.05, 4.69) is 57.7 Å². The monoisotopic (exact) mass is 260 g/mol. The summed E-state index contributed by atoms with van der Waals surface area (Å²) in [5, 5.41) is 1.27. The van der Waals surface area contributed by atoms with Crippen LogP contribution < -0.4 is 4.57 Å². The van der Waals surface area contributed by atoms with E-state index in [1.54, 1.807) is 0 Å². The molecule has 1 aliphatic rings. The van der Waals surface area contributed by atoms with Crippen molar-refractivity contribution in [1.29, 1.82) is 0 Å². The third kappa shape index (κ3) is 1.15. The van der Waals surface area contributed by atoms with Crippen LogP contribution in [0, 0.1) is 0 Å². The first-order valence-corrected chi connectivity index (χ1v) is 7.13. The molecular weight excluding hydrogens is 246 g/mol. The quantitative estimate of drug-likeness (QED) is 0.445. The molecule has 0 amide bonds. The van der Waals surface area contributed by atoms with Gasteiger partial charge in [-0.05, 0) is 24.3 Å². The van der Waals surface area contributed by atoms with Crippen LogP contribution in [-0.4, -0.2) is 9.55 Å². The van der Waals surface area contributed by atoms with Crippen molar-refractivity contribution < 1.29 is 4.57 Å². The summed E-state index contributed by atoms with van der Waals surface area (Å²) in [6.07, 6.45) is 1.18. The second kappa shape index (κ2) is 3.57. The van der Waals surface area contributed by atoms with Gasteiger partial charge >= 0.3 is 5.65 Å². The molecule has 0 saturated heterocycles. The maximum atomic E-state index is 4.93. The zero-order chi connectivity index (χ0) is 13.1. The van der Waals surface area contributed by atoms with Gasteiger partial charge in [0.05, 0.1) is 18.5 Å². The standard InChI is InChI=1S/C17H14N3/c1-3-8-14-12(6-1)16-17-19(14)10-5-11-20(17)15-9-4-2-7-13(15)18-16/h1-4,6-9H,5,10-11H2/q+1. The van der Waals surface area contributed by atoms with Crippen molar-refractivity contribution in [3.8, 4) is 0 Å². The molecule has 0 aliphatic carbocycles. The molecule has 0 fully saturated rings. The number of nitrogens with zero attached hydrogens (tertiary/aromatic N) is 3. The van der Waals surface area contributed by atoms with E-state index in [4.69, 9.17) is 4.98 Å². The van der Waals surface area contributed by atoms with Gasteiger partial charge in [0, 0.05) is 6.42 Å². The van der Waals surface area contributed by atoms with Crippen molar-refractivity contribution >= 4 is 33.1 Å². The molecule has 3 heteroatoms. The number of aromatic nitrogens is 3. The Balaban J connectivity index is 2.15. The van der Waals surface area contributed by atoms with Crippen LogP contribution in [0.4, 0.5) is 0 Å². The maximum absolute atomic E-state index is 4.93. The van der Waals surface area contributed by atoms with Crippen LogP contribution in [-0.2, 0) is 13.1 Å². The van der Waals surface area contributed by atoms with Crippen molar-refractivity contribution in [2.24, 2.45) is 0 Å². The van der Waals surface area contributed by atoms with Gasteiger partial charge in [0.25, 0.3) is 0 Å². The Morgan fingerprint density at radius 2 is 1.85 bits per heavy atom. The van der Waals surface area contributed by atoms with Crippen molar-refractivity contribution in [2.45, 2.75) is 19.5 Å². The fourth-order valence-electron chi connectivity index (χ4n) is 3.52. The molecule has 5 rings (SSSR count). The maximum Gasteiger partial charge on any atom is 0.309 e. The lowest BCUT2D eigenvalue weighted by Gasteiger charge is -2.12. The molecular formula is C17H14N3+. The van der Waals surface area contributed by atoms with E-state index in [0.717, 1.165) is 24.1 Å². The average Bonchev–Trinajstić information content (AvgIpc) is 2.84. The predicted octanol–water partition coefficient (Wildman–Crippen LogP) is 3.03. The highest BCUT2D eigenvalue weighted by atomic mass is 15.2. The molecule has 2 aromatic heterocycles. The van der Waals surface area contributed by atoms with Gasteiger partial charge in [-0.1, -0.05) is 24.3 Å². The first-order chi connectivity index (χ1) is 9.93. The molecule has 3 heterocycles. The molecule has 0 spiro atoms. The van der Waals surface area contributed by atoms with E-state index < -0.39 is 0 Å². The lowest BCUT2D eigenvalue weighted by molar-refractivity contribution is -0.652. The van der Waals surface area contributed by atoms with E-state index in [0.29, 0.717) is 0 Å². The number of para-hydroxylation sites is 3. The highest BCUT2D eigenvalue weighted by Gasteiger charge is 2.27. The number of benzene rings is 2. The summed E-state index contributed by atoms with van der Waals surface area (Å²) in [5.41, 5.74) is 6.04. The van der Waals surface area contributed by atoms with E-state index in [1.807, 2.05) is 0 Å². The lowest BCUT2D eigenvalue weighted by Crippen LogP contribution is -2.41. The van der Waals surface area contributed by atoms with Gasteiger partial charge in [0.2, 0.25) is 0 Å². The first-order valence-electron chi connectivity index (χ1n) is 7.13. The predicted molar refractivity (Wildman–Crippen MR) is 79.6 cm³/mol. The summed E-state index contributed by atoms with van der Waals surface area (Å²) >= 11 is 0. The summed E-state index contributed by atoms with van der Waals surface area (Å²) < 4.78 is 4.86. The largest absolute Gasteiger partial charge is 0.309 e. The van der Waals surface area contributed by atoms with Crippen molar-refractivity contribution in [3.05, 3.63) is 48.5 Å². The number of aryl methyl sites for hydroxylation is 2. The van der Waals surface area contributed by atoms with Crippen molar-refractivity contribution in [1.82, 2.24) is 9.55 Å². The Bertz CT molecular complexity index is 976. The molecule has 0 atom stereocenters. The summed E-state index contributed by atoms with van der Waals surface area (Å²) in [7, 11) is 0. The van der Waals surface area contributed by atoms with Gasteiger partial charge in [-0.15, -0.1) is 0 Å². The number of hydrogen-bond donors (Lipinski definition) is 0. The highest BCUT2D eigenvalue weighted by Crippen LogP contribution is 2.29. The molecule has 0 unspecified atom stereocenters. The SMILES string of the molecule is c1ccc2c(c1)nc1c3ccccc3n3c1[n+]2CCC3. The van der Waals surface area contributed by atoms with Gasteiger partial charge in [-0.3, -0.25) is 0 Å². The first kappa shape index (κ1) is 10.4. The zero-order valence-electron chi connectivity index (χ0n) is 11.1. The average molecular weight is 260 g/mol. The zero-order valence-corrected chi connectivity index (χ0v) is 11.1. The summed E-state index contributed by atoms with van der Waals surface area (Å²) in [6.45, 7) is 2.17. The number of rotatable bonds is 0. The second-order valence-corrected chi connectivity index (χ2v) is 5.45. The molecule has 96 valence electrons. The van der Waals surface area contributed by atoms with Gasteiger partial charge in [-0.25, -0.2) is 14.1 Å². The topological polar surface area (TPSA) is 21.7 Å². The summed E-state index contributed by atoms with van der Waals surface area (Å²) in [6, 6.07) is 17.1. The second-order valence-electron chi connectivity index (χ2n) is 5.45. The number of fused-ring (bicyclic) bond motifs is 5. The summed E-state index contributed by atoms with van der Waals surface area (Å²) in [5.74, 6) is 0. The molecule has 20 heavy (non-hydrogen) atoms. The molecule has 0 radical (unpaired) electrons. The van der Waals surface area contributed by atoms with Gasteiger partial charge in [0.1, 0.15) is 11.0 Å². The van der Waals surface area contributed by atoms with E-state index in [1.165, 1.54) is 28.5 Å². The van der Waals surface area contributed by atoms with E-state index >= 15 is 0 Å². The Kier molecular flexibility index (Phi) is 1.85. The Labute approximate surface area is 116 Å². The molecule has 0 saturated carbocycles. The van der Waals surface area contributed by atoms with Crippen LogP contribution in [0.3, 0.4) is 0 Å². The van der Waals surface area contributed by atoms with E-state index in [-0.39, 0.29) is 0 Å². The van der Waals surface area contributed by atoms with Crippen LogP contribution in [0.2, 0.25) is 0 Å². The van der Waals surface area contributed by atoms with Gasteiger partial charge in [-0.2, -0.15) is 0 Å². The smallest absolute Gasteiger partial charge is 0.235 e. The van der Waals surface area contributed by atoms with Gasteiger partial charge in [0.15, 0.2) is 11.0 Å². The lowest BCUT2D eigenvalue weighted by atomic mass is 10.2. The third-order valence-electron chi connectivity index (χ3n) is 4.34. The Hall–Kier alpha value is -2.42. The van der Waals surface area contributed by atoms with Crippen LogP contribution in [0.15, 0.2) is 48.5 Å². The van der Waals surface area contributed by atoms with Crippen molar-refractivity contribution in [2.75, 3.05) is 0 Å². The minimum atomic E-state index is 1.08. The molecule has 1 aliphatic heterocycles. The molecule has 0 bridgehead atoms. The fourth-order valence-corrected chi connectivity index (χ4v) is 3.52. The Morgan fingerprint density at radius 3 is 2.85 bits per heavy atom. The van der Waals surface area contributed by atoms with Crippen LogP contribution in [0.25, 0.3) is 33.1 Å². The minimum absolute atomic E-state index is 1.08. The van der Waals surface area contributed by atoms with Crippen LogP contribution >= 0.6 is 0 Å². The molecule has 0 N–H and O–H groups in total. The molecule has 3 nitrogen and oxygen atoms in total. The normalized spacial score (nSPS) is 14.4. The van der Waals surface area contributed by atoms with Gasteiger partial charge < -0.3 is 0 Å². The Morgan fingerprint density at radius 1 is 1.00 bits per heavy atom. The van der Waals surface area contributed by atoms with Crippen LogP contribution in [0.5, 0.6) is 0 Å². The number of hydrogen-bond acceptors (Lipinski definition) is 1. The molecule has 4 aromatic rings. The van der Waals surface area contributed by atoms with E-state index in [9.17, 15) is 0 Å². The molecule has 2 aromatic carbocycles. The minimum Gasteiger partial charge on any atom is -0.235 e. The summed E-state index contributed by atoms with van der Waals surface area (Å²) in [4.78, 5) is 4.93. The van der Waals surface area contributed by atoms with Crippen LogP contribution in [0.1, 0.15) is 6.42 Å².